The monoisotopic (exact) mass is 269 g/mol. The molecule has 0 amide bonds. The summed E-state index contributed by atoms with van der Waals surface area (Å²) in [5, 5.41) is 0.137. The molecule has 0 aliphatic rings. The Morgan fingerprint density at radius 2 is 1.83 bits per heavy atom. The number of rotatable bonds is 6. The van der Waals surface area contributed by atoms with Gasteiger partial charge >= 0.3 is 0 Å². The summed E-state index contributed by atoms with van der Waals surface area (Å²) in [5.41, 5.74) is 7.19. The molecule has 0 aromatic heterocycles. The molecule has 0 aliphatic heterocycles. The zero-order valence-electron chi connectivity index (χ0n) is 11.6. The summed E-state index contributed by atoms with van der Waals surface area (Å²) < 4.78 is 17.3. The van der Waals surface area contributed by atoms with Crippen LogP contribution in [0.4, 0.5) is 0 Å². The summed E-state index contributed by atoms with van der Waals surface area (Å²) in [6, 6.07) is 7.44. The molecular formula is C14H23NO2S. The molecule has 2 N–H and O–H groups in total. The molecule has 0 heterocycles. The minimum Gasteiger partial charge on any atom is -0.497 e. The smallest absolute Gasteiger partial charge is 0.118 e. The van der Waals surface area contributed by atoms with Gasteiger partial charge in [-0.1, -0.05) is 26.0 Å². The first kappa shape index (κ1) is 15.2. The Morgan fingerprint density at radius 1 is 1.28 bits per heavy atom. The van der Waals surface area contributed by atoms with Crippen molar-refractivity contribution in [2.24, 2.45) is 5.73 Å². The van der Waals surface area contributed by atoms with E-state index in [1.807, 2.05) is 45.0 Å². The van der Waals surface area contributed by atoms with Gasteiger partial charge in [0.15, 0.2) is 0 Å². The zero-order valence-corrected chi connectivity index (χ0v) is 12.4. The number of methoxy groups -OCH3 is 1. The van der Waals surface area contributed by atoms with Gasteiger partial charge in [-0.3, -0.25) is 4.21 Å². The van der Waals surface area contributed by atoms with Crippen LogP contribution in [0.15, 0.2) is 24.3 Å². The van der Waals surface area contributed by atoms with E-state index in [0.29, 0.717) is 0 Å². The Hall–Kier alpha value is -0.870. The van der Waals surface area contributed by atoms with Crippen molar-refractivity contribution >= 4 is 10.8 Å². The topological polar surface area (TPSA) is 52.3 Å². The average molecular weight is 269 g/mol. The molecule has 102 valence electrons. The normalized spacial score (nSPS) is 17.8. The van der Waals surface area contributed by atoms with Crippen LogP contribution >= 0.6 is 0 Å². The molecule has 1 aromatic carbocycles. The van der Waals surface area contributed by atoms with Crippen LogP contribution in [0, 0.1) is 0 Å². The van der Waals surface area contributed by atoms with E-state index >= 15 is 0 Å². The first-order valence-corrected chi connectivity index (χ1v) is 7.57. The lowest BCUT2D eigenvalue weighted by Gasteiger charge is -2.22. The van der Waals surface area contributed by atoms with Gasteiger partial charge in [0.05, 0.1) is 12.4 Å². The minimum absolute atomic E-state index is 0.0478. The van der Waals surface area contributed by atoms with E-state index in [2.05, 4.69) is 0 Å². The van der Waals surface area contributed by atoms with Crippen LogP contribution in [0.1, 0.15) is 38.8 Å². The predicted molar refractivity (Wildman–Crippen MR) is 77.3 cm³/mol. The summed E-state index contributed by atoms with van der Waals surface area (Å²) in [6.07, 6.45) is 0.909. The summed E-state index contributed by atoms with van der Waals surface area (Å²) in [5.74, 6) is 0.807. The maximum Gasteiger partial charge on any atom is 0.118 e. The van der Waals surface area contributed by atoms with Crippen molar-refractivity contribution in [2.75, 3.05) is 7.11 Å². The molecule has 0 fully saturated rings. The van der Waals surface area contributed by atoms with E-state index in [1.165, 1.54) is 0 Å². The molecule has 0 bridgehead atoms. The first-order valence-electron chi connectivity index (χ1n) is 6.30. The second kappa shape index (κ2) is 6.90. The predicted octanol–water partition coefficient (Wildman–Crippen LogP) is 2.63. The molecule has 18 heavy (non-hydrogen) atoms. The van der Waals surface area contributed by atoms with E-state index in [4.69, 9.17) is 10.5 Å². The van der Waals surface area contributed by atoms with Crippen molar-refractivity contribution in [1.82, 2.24) is 0 Å². The van der Waals surface area contributed by atoms with Crippen molar-refractivity contribution in [3.8, 4) is 5.75 Å². The molecule has 0 saturated carbocycles. The zero-order chi connectivity index (χ0) is 13.7. The lowest BCUT2D eigenvalue weighted by Crippen LogP contribution is -2.31. The fraction of sp³-hybridized carbons (Fsp3) is 0.571. The molecule has 1 rings (SSSR count). The van der Waals surface area contributed by atoms with Crippen LogP contribution in [0.2, 0.25) is 0 Å². The van der Waals surface area contributed by atoms with Gasteiger partial charge in [-0.15, -0.1) is 0 Å². The third-order valence-electron chi connectivity index (χ3n) is 3.34. The SMILES string of the molecule is CCC(C)S(=O)C(C)C(N)c1ccc(OC)cc1. The fourth-order valence-corrected chi connectivity index (χ4v) is 3.28. The highest BCUT2D eigenvalue weighted by Gasteiger charge is 2.24. The fourth-order valence-electron chi connectivity index (χ4n) is 1.77. The van der Waals surface area contributed by atoms with Crippen LogP contribution < -0.4 is 10.5 Å². The van der Waals surface area contributed by atoms with Crippen molar-refractivity contribution in [2.45, 2.75) is 43.7 Å². The molecule has 0 saturated heterocycles. The van der Waals surface area contributed by atoms with E-state index in [-0.39, 0.29) is 16.5 Å². The van der Waals surface area contributed by atoms with Gasteiger partial charge in [-0.2, -0.15) is 0 Å². The molecule has 0 radical (unpaired) electrons. The van der Waals surface area contributed by atoms with E-state index in [0.717, 1.165) is 17.7 Å². The van der Waals surface area contributed by atoms with Gasteiger partial charge in [0.2, 0.25) is 0 Å². The molecule has 4 heteroatoms. The largest absolute Gasteiger partial charge is 0.497 e. The van der Waals surface area contributed by atoms with Crippen molar-refractivity contribution in [3.05, 3.63) is 29.8 Å². The summed E-state index contributed by atoms with van der Waals surface area (Å²) in [7, 11) is 0.731. The van der Waals surface area contributed by atoms with E-state index in [1.54, 1.807) is 7.11 Å². The van der Waals surface area contributed by atoms with Crippen LogP contribution in [-0.2, 0) is 10.8 Å². The first-order chi connectivity index (χ1) is 8.51. The number of benzene rings is 1. The third kappa shape index (κ3) is 3.56. The second-order valence-electron chi connectivity index (χ2n) is 4.55. The second-order valence-corrected chi connectivity index (χ2v) is 6.76. The molecule has 0 aliphatic carbocycles. The van der Waals surface area contributed by atoms with Crippen molar-refractivity contribution in [1.29, 1.82) is 0 Å². The average Bonchev–Trinajstić information content (AvgIpc) is 2.44. The molecule has 3 nitrogen and oxygen atoms in total. The highest BCUT2D eigenvalue weighted by molar-refractivity contribution is 7.86. The number of nitrogens with two attached hydrogens (primary N) is 1. The number of hydrogen-bond donors (Lipinski definition) is 1. The minimum atomic E-state index is -0.904. The van der Waals surface area contributed by atoms with Crippen molar-refractivity contribution < 1.29 is 8.95 Å². The van der Waals surface area contributed by atoms with E-state index in [9.17, 15) is 4.21 Å². The number of hydrogen-bond acceptors (Lipinski definition) is 3. The van der Waals surface area contributed by atoms with Gasteiger partial charge in [-0.25, -0.2) is 0 Å². The van der Waals surface area contributed by atoms with Crippen molar-refractivity contribution in [3.63, 3.8) is 0 Å². The highest BCUT2D eigenvalue weighted by Crippen LogP contribution is 2.23. The highest BCUT2D eigenvalue weighted by atomic mass is 32.2. The Balaban J connectivity index is 2.79. The van der Waals surface area contributed by atoms with Crippen LogP contribution in [0.3, 0.4) is 0 Å². The summed E-state index contributed by atoms with van der Waals surface area (Å²) in [6.45, 7) is 6.01. The van der Waals surface area contributed by atoms with Gasteiger partial charge < -0.3 is 10.5 Å². The third-order valence-corrected chi connectivity index (χ3v) is 5.50. The molecule has 4 unspecified atom stereocenters. The Morgan fingerprint density at radius 3 is 2.28 bits per heavy atom. The maximum atomic E-state index is 12.2. The summed E-state index contributed by atoms with van der Waals surface area (Å²) >= 11 is 0. The van der Waals surface area contributed by atoms with E-state index < -0.39 is 10.8 Å². The van der Waals surface area contributed by atoms with Gasteiger partial charge in [0.1, 0.15) is 5.75 Å². The lowest BCUT2D eigenvalue weighted by molar-refractivity contribution is 0.414. The molecule has 1 aromatic rings. The number of ether oxygens (including phenoxy) is 1. The Kier molecular flexibility index (Phi) is 5.82. The van der Waals surface area contributed by atoms with Gasteiger partial charge in [0.25, 0.3) is 0 Å². The lowest BCUT2D eigenvalue weighted by atomic mass is 10.1. The Bertz CT molecular complexity index is 391. The van der Waals surface area contributed by atoms with Crippen LogP contribution in [0.5, 0.6) is 5.75 Å². The quantitative estimate of drug-likeness (QED) is 0.863. The molecule has 0 spiro atoms. The van der Waals surface area contributed by atoms with Crippen LogP contribution in [-0.4, -0.2) is 21.8 Å². The molecular weight excluding hydrogens is 246 g/mol. The molecule has 4 atom stereocenters. The standard InChI is InChI=1S/C14H23NO2S/c1-5-10(2)18(16)11(3)14(15)12-6-8-13(17-4)9-7-12/h6-11,14H,5,15H2,1-4H3. The Labute approximate surface area is 112 Å². The summed E-state index contributed by atoms with van der Waals surface area (Å²) in [4.78, 5) is 0. The van der Waals surface area contributed by atoms with Gasteiger partial charge in [0, 0.05) is 22.1 Å². The van der Waals surface area contributed by atoms with Gasteiger partial charge in [-0.05, 0) is 31.0 Å². The van der Waals surface area contributed by atoms with Crippen LogP contribution in [0.25, 0.3) is 0 Å². The maximum absolute atomic E-state index is 12.2.